The van der Waals surface area contributed by atoms with Crippen molar-refractivity contribution < 1.29 is 13.9 Å². The van der Waals surface area contributed by atoms with Gasteiger partial charge in [-0.25, -0.2) is 9.18 Å². The van der Waals surface area contributed by atoms with Crippen LogP contribution < -0.4 is 5.32 Å². The first kappa shape index (κ1) is 12.5. The van der Waals surface area contributed by atoms with Gasteiger partial charge in [0.05, 0.1) is 7.11 Å². The highest BCUT2D eigenvalue weighted by atomic mass is 19.1. The molecule has 88 valence electrons. The van der Waals surface area contributed by atoms with Crippen LogP contribution in [0.3, 0.4) is 0 Å². The highest BCUT2D eigenvalue weighted by Gasteiger charge is 2.32. The van der Waals surface area contributed by atoms with E-state index in [4.69, 9.17) is 4.74 Å². The zero-order chi connectivity index (χ0) is 12.2. The third-order valence-corrected chi connectivity index (χ3v) is 2.59. The monoisotopic (exact) mass is 225 g/mol. The molecule has 0 saturated carbocycles. The molecule has 1 aromatic rings. The van der Waals surface area contributed by atoms with Gasteiger partial charge in [-0.2, -0.15) is 0 Å². The number of esters is 1. The molecule has 1 atom stereocenters. The number of nitrogens with one attached hydrogen (secondary N) is 1. The SMILES string of the molecule is CCC(C)(Nc1cccc(F)c1)C(=O)OC. The Balaban J connectivity index is 2.89. The Morgan fingerprint density at radius 2 is 2.25 bits per heavy atom. The van der Waals surface area contributed by atoms with Crippen molar-refractivity contribution in [2.24, 2.45) is 0 Å². The second-order valence-corrected chi connectivity index (χ2v) is 3.81. The van der Waals surface area contributed by atoms with E-state index < -0.39 is 5.54 Å². The van der Waals surface area contributed by atoms with Gasteiger partial charge in [-0.1, -0.05) is 13.0 Å². The van der Waals surface area contributed by atoms with Crippen molar-refractivity contribution in [1.29, 1.82) is 0 Å². The van der Waals surface area contributed by atoms with E-state index in [9.17, 15) is 9.18 Å². The summed E-state index contributed by atoms with van der Waals surface area (Å²) in [5.74, 6) is -0.701. The number of carbonyl (C=O) groups is 1. The summed E-state index contributed by atoms with van der Waals surface area (Å²) in [6.07, 6.45) is 0.552. The molecule has 0 fully saturated rings. The first-order valence-corrected chi connectivity index (χ1v) is 5.14. The van der Waals surface area contributed by atoms with Crippen molar-refractivity contribution in [2.45, 2.75) is 25.8 Å². The fourth-order valence-corrected chi connectivity index (χ4v) is 1.39. The predicted octanol–water partition coefficient (Wildman–Crippen LogP) is 2.58. The Morgan fingerprint density at radius 3 is 2.75 bits per heavy atom. The van der Waals surface area contributed by atoms with Crippen LogP contribution in [-0.4, -0.2) is 18.6 Å². The number of halogens is 1. The minimum atomic E-state index is -0.831. The summed E-state index contributed by atoms with van der Waals surface area (Å²) >= 11 is 0. The number of anilines is 1. The van der Waals surface area contributed by atoms with E-state index in [0.717, 1.165) is 0 Å². The zero-order valence-electron chi connectivity index (χ0n) is 9.71. The van der Waals surface area contributed by atoms with E-state index in [1.54, 1.807) is 19.1 Å². The van der Waals surface area contributed by atoms with E-state index in [1.807, 2.05) is 6.92 Å². The van der Waals surface area contributed by atoms with Crippen LogP contribution in [0.1, 0.15) is 20.3 Å². The maximum Gasteiger partial charge on any atom is 0.331 e. The number of benzene rings is 1. The normalized spacial score (nSPS) is 14.0. The fourth-order valence-electron chi connectivity index (χ4n) is 1.39. The Labute approximate surface area is 94.6 Å². The number of methoxy groups -OCH3 is 1. The van der Waals surface area contributed by atoms with E-state index in [0.29, 0.717) is 12.1 Å². The maximum atomic E-state index is 13.0. The smallest absolute Gasteiger partial charge is 0.331 e. The van der Waals surface area contributed by atoms with Crippen molar-refractivity contribution in [2.75, 3.05) is 12.4 Å². The topological polar surface area (TPSA) is 38.3 Å². The van der Waals surface area contributed by atoms with Crippen LogP contribution in [-0.2, 0) is 9.53 Å². The molecule has 4 heteroatoms. The van der Waals surface area contributed by atoms with Gasteiger partial charge in [0.1, 0.15) is 11.4 Å². The highest BCUT2D eigenvalue weighted by molar-refractivity contribution is 5.83. The van der Waals surface area contributed by atoms with Crippen LogP contribution in [0.5, 0.6) is 0 Å². The van der Waals surface area contributed by atoms with Crippen molar-refractivity contribution in [3.8, 4) is 0 Å². The van der Waals surface area contributed by atoms with Gasteiger partial charge in [-0.15, -0.1) is 0 Å². The molecular formula is C12H16FNO2. The van der Waals surface area contributed by atoms with Crippen LogP contribution >= 0.6 is 0 Å². The third kappa shape index (κ3) is 2.72. The van der Waals surface area contributed by atoms with Crippen molar-refractivity contribution in [3.63, 3.8) is 0 Å². The molecule has 0 bridgehead atoms. The minimum Gasteiger partial charge on any atom is -0.467 e. The van der Waals surface area contributed by atoms with Crippen molar-refractivity contribution in [3.05, 3.63) is 30.1 Å². The zero-order valence-corrected chi connectivity index (χ0v) is 9.71. The molecule has 0 aliphatic rings. The molecule has 0 spiro atoms. The summed E-state index contributed by atoms with van der Waals surface area (Å²) < 4.78 is 17.7. The predicted molar refractivity (Wildman–Crippen MR) is 60.7 cm³/mol. The van der Waals surface area contributed by atoms with Crippen LogP contribution in [0.25, 0.3) is 0 Å². The lowest BCUT2D eigenvalue weighted by atomic mass is 9.98. The van der Waals surface area contributed by atoms with E-state index in [2.05, 4.69) is 5.32 Å². The van der Waals surface area contributed by atoms with Gasteiger partial charge in [0.25, 0.3) is 0 Å². The molecule has 1 aromatic carbocycles. The lowest BCUT2D eigenvalue weighted by Crippen LogP contribution is -2.43. The molecule has 0 heterocycles. The summed E-state index contributed by atoms with van der Waals surface area (Å²) in [6.45, 7) is 3.59. The number of hydrogen-bond acceptors (Lipinski definition) is 3. The average Bonchev–Trinajstić information content (AvgIpc) is 2.27. The Hall–Kier alpha value is -1.58. The summed E-state index contributed by atoms with van der Waals surface area (Å²) in [5.41, 5.74) is -0.266. The summed E-state index contributed by atoms with van der Waals surface area (Å²) in [4.78, 5) is 11.6. The Kier molecular flexibility index (Phi) is 3.88. The summed E-state index contributed by atoms with van der Waals surface area (Å²) in [7, 11) is 1.34. The maximum absolute atomic E-state index is 13.0. The lowest BCUT2D eigenvalue weighted by Gasteiger charge is -2.27. The van der Waals surface area contributed by atoms with Gasteiger partial charge in [-0.3, -0.25) is 0 Å². The fraction of sp³-hybridized carbons (Fsp3) is 0.417. The van der Waals surface area contributed by atoms with Crippen LogP contribution in [0.2, 0.25) is 0 Å². The van der Waals surface area contributed by atoms with Gasteiger partial charge in [-0.05, 0) is 31.5 Å². The van der Waals surface area contributed by atoms with Crippen LogP contribution in [0.15, 0.2) is 24.3 Å². The van der Waals surface area contributed by atoms with Crippen LogP contribution in [0, 0.1) is 5.82 Å². The van der Waals surface area contributed by atoms with Crippen LogP contribution in [0.4, 0.5) is 10.1 Å². The number of carbonyl (C=O) groups excluding carboxylic acids is 1. The van der Waals surface area contributed by atoms with Crippen molar-refractivity contribution >= 4 is 11.7 Å². The molecule has 0 amide bonds. The molecular weight excluding hydrogens is 209 g/mol. The first-order chi connectivity index (χ1) is 7.51. The lowest BCUT2D eigenvalue weighted by molar-refractivity contribution is -0.145. The second-order valence-electron chi connectivity index (χ2n) is 3.81. The van der Waals surface area contributed by atoms with Gasteiger partial charge < -0.3 is 10.1 Å². The van der Waals surface area contributed by atoms with Gasteiger partial charge in [0, 0.05) is 5.69 Å². The highest BCUT2D eigenvalue weighted by Crippen LogP contribution is 2.20. The molecule has 3 nitrogen and oxygen atoms in total. The van der Waals surface area contributed by atoms with Crippen molar-refractivity contribution in [1.82, 2.24) is 0 Å². The van der Waals surface area contributed by atoms with E-state index in [-0.39, 0.29) is 11.8 Å². The molecule has 0 aromatic heterocycles. The molecule has 1 rings (SSSR count). The molecule has 1 N–H and O–H groups in total. The average molecular weight is 225 g/mol. The minimum absolute atomic E-state index is 0.340. The molecule has 0 saturated heterocycles. The third-order valence-electron chi connectivity index (χ3n) is 2.59. The molecule has 0 aliphatic heterocycles. The Bertz CT molecular complexity index is 381. The van der Waals surface area contributed by atoms with E-state index in [1.165, 1.54) is 19.2 Å². The molecule has 16 heavy (non-hydrogen) atoms. The summed E-state index contributed by atoms with van der Waals surface area (Å²) in [6, 6.07) is 5.99. The summed E-state index contributed by atoms with van der Waals surface area (Å²) in [5, 5.41) is 2.98. The molecule has 1 unspecified atom stereocenters. The number of rotatable bonds is 4. The van der Waals surface area contributed by atoms with E-state index >= 15 is 0 Å². The Morgan fingerprint density at radius 1 is 1.56 bits per heavy atom. The van der Waals surface area contributed by atoms with Gasteiger partial charge in [0.15, 0.2) is 0 Å². The number of ether oxygens (including phenoxy) is 1. The number of hydrogen-bond donors (Lipinski definition) is 1. The quantitative estimate of drug-likeness (QED) is 0.800. The van der Waals surface area contributed by atoms with Gasteiger partial charge >= 0.3 is 5.97 Å². The second kappa shape index (κ2) is 4.96. The molecule has 0 radical (unpaired) electrons. The standard InChI is InChI=1S/C12H16FNO2/c1-4-12(2,11(15)16-3)14-10-7-5-6-9(13)8-10/h5-8,14H,4H2,1-3H3. The first-order valence-electron chi connectivity index (χ1n) is 5.14. The molecule has 0 aliphatic carbocycles. The largest absolute Gasteiger partial charge is 0.467 e. The van der Waals surface area contributed by atoms with Gasteiger partial charge in [0.2, 0.25) is 0 Å².